The molecule has 1 fully saturated rings. The number of halogens is 1. The van der Waals surface area contributed by atoms with E-state index in [1.165, 1.54) is 25.7 Å². The van der Waals surface area contributed by atoms with E-state index in [4.69, 9.17) is 0 Å². The van der Waals surface area contributed by atoms with E-state index in [0.717, 1.165) is 10.0 Å². The van der Waals surface area contributed by atoms with Gasteiger partial charge in [-0.3, -0.25) is 0 Å². The zero-order valence-corrected chi connectivity index (χ0v) is 9.70. The van der Waals surface area contributed by atoms with Gasteiger partial charge in [-0.2, -0.15) is 0 Å². The molecule has 0 spiro atoms. The topological polar surface area (TPSA) is 20.2 Å². The second-order valence-electron chi connectivity index (χ2n) is 4.01. The van der Waals surface area contributed by atoms with Crippen molar-refractivity contribution in [1.82, 2.24) is 0 Å². The predicted molar refractivity (Wildman–Crippen MR) is 61.1 cm³/mol. The Balaban J connectivity index is 2.17. The average Bonchev–Trinajstić information content (AvgIpc) is 2.70. The first-order valence-electron chi connectivity index (χ1n) is 5.21. The van der Waals surface area contributed by atoms with Crippen molar-refractivity contribution in [1.29, 1.82) is 0 Å². The Morgan fingerprint density at radius 2 is 1.86 bits per heavy atom. The largest absolute Gasteiger partial charge is 0.388 e. The first-order chi connectivity index (χ1) is 6.79. The number of aliphatic hydroxyl groups is 1. The summed E-state index contributed by atoms with van der Waals surface area (Å²) in [6, 6.07) is 7.97. The first-order valence-corrected chi connectivity index (χ1v) is 6.01. The van der Waals surface area contributed by atoms with Crippen LogP contribution in [0.1, 0.15) is 37.4 Å². The molecule has 2 heteroatoms. The van der Waals surface area contributed by atoms with E-state index in [1.807, 2.05) is 24.3 Å². The summed E-state index contributed by atoms with van der Waals surface area (Å²) in [5, 5.41) is 10.2. The number of benzene rings is 1. The molecule has 0 aliphatic heterocycles. The summed E-state index contributed by atoms with van der Waals surface area (Å²) in [5.74, 6) is 0.466. The minimum Gasteiger partial charge on any atom is -0.388 e. The molecule has 0 heterocycles. The Hall–Kier alpha value is -0.340. The Morgan fingerprint density at radius 1 is 1.21 bits per heavy atom. The van der Waals surface area contributed by atoms with E-state index in [2.05, 4.69) is 15.9 Å². The van der Waals surface area contributed by atoms with Gasteiger partial charge in [-0.25, -0.2) is 0 Å². The highest BCUT2D eigenvalue weighted by Crippen LogP contribution is 2.37. The molecule has 76 valence electrons. The van der Waals surface area contributed by atoms with Crippen molar-refractivity contribution in [2.45, 2.75) is 31.8 Å². The van der Waals surface area contributed by atoms with Gasteiger partial charge in [-0.15, -0.1) is 0 Å². The lowest BCUT2D eigenvalue weighted by molar-refractivity contribution is 0.111. The van der Waals surface area contributed by atoms with E-state index < -0.39 is 0 Å². The van der Waals surface area contributed by atoms with Gasteiger partial charge in [0, 0.05) is 4.47 Å². The van der Waals surface area contributed by atoms with E-state index in [0.29, 0.717) is 5.92 Å². The quantitative estimate of drug-likeness (QED) is 0.854. The summed E-state index contributed by atoms with van der Waals surface area (Å²) >= 11 is 3.48. The molecule has 0 aromatic heterocycles. The summed E-state index contributed by atoms with van der Waals surface area (Å²) < 4.78 is 1.03. The maximum atomic E-state index is 10.2. The monoisotopic (exact) mass is 254 g/mol. The minimum absolute atomic E-state index is 0.284. The van der Waals surface area contributed by atoms with Crippen LogP contribution < -0.4 is 0 Å². The van der Waals surface area contributed by atoms with Gasteiger partial charge in [0.05, 0.1) is 6.10 Å². The first kappa shape index (κ1) is 10.2. The van der Waals surface area contributed by atoms with Gasteiger partial charge in [0.2, 0.25) is 0 Å². The van der Waals surface area contributed by atoms with Crippen LogP contribution >= 0.6 is 15.9 Å². The predicted octanol–water partition coefficient (Wildman–Crippen LogP) is 3.67. The molecule has 1 atom stereocenters. The van der Waals surface area contributed by atoms with Gasteiger partial charge in [0.25, 0.3) is 0 Å². The Morgan fingerprint density at radius 3 is 2.50 bits per heavy atom. The molecule has 1 aromatic carbocycles. The summed E-state index contributed by atoms with van der Waals surface area (Å²) in [7, 11) is 0. The summed E-state index contributed by atoms with van der Waals surface area (Å²) in [4.78, 5) is 0. The number of hydrogen-bond donors (Lipinski definition) is 1. The number of aliphatic hydroxyl groups excluding tert-OH is 1. The maximum Gasteiger partial charge on any atom is 0.0829 e. The van der Waals surface area contributed by atoms with Crippen LogP contribution in [0.15, 0.2) is 28.7 Å². The third-order valence-corrected chi connectivity index (χ3v) is 3.79. The molecule has 1 aliphatic carbocycles. The molecule has 0 bridgehead atoms. The van der Waals surface area contributed by atoms with Gasteiger partial charge >= 0.3 is 0 Å². The summed E-state index contributed by atoms with van der Waals surface area (Å²) in [6.07, 6.45) is 4.59. The molecule has 1 saturated carbocycles. The second-order valence-corrected chi connectivity index (χ2v) is 4.87. The highest BCUT2D eigenvalue weighted by atomic mass is 79.9. The summed E-state index contributed by atoms with van der Waals surface area (Å²) in [5.41, 5.74) is 1.04. The van der Waals surface area contributed by atoms with E-state index in [9.17, 15) is 5.11 Å². The molecular weight excluding hydrogens is 240 g/mol. The smallest absolute Gasteiger partial charge is 0.0829 e. The van der Waals surface area contributed by atoms with Crippen molar-refractivity contribution in [2.24, 2.45) is 5.92 Å². The van der Waals surface area contributed by atoms with Crippen LogP contribution in [0.4, 0.5) is 0 Å². The van der Waals surface area contributed by atoms with Crippen molar-refractivity contribution in [3.05, 3.63) is 34.3 Å². The molecule has 1 aromatic rings. The van der Waals surface area contributed by atoms with Crippen LogP contribution in [0.5, 0.6) is 0 Å². The SMILES string of the molecule is OC(c1ccccc1Br)C1CCCC1. The number of rotatable bonds is 2. The Labute approximate surface area is 93.3 Å². The highest BCUT2D eigenvalue weighted by molar-refractivity contribution is 9.10. The van der Waals surface area contributed by atoms with E-state index >= 15 is 0 Å². The molecule has 0 saturated heterocycles. The Kier molecular flexibility index (Phi) is 3.24. The maximum absolute atomic E-state index is 10.2. The van der Waals surface area contributed by atoms with Crippen LogP contribution in [0.3, 0.4) is 0 Å². The summed E-state index contributed by atoms with van der Waals surface area (Å²) in [6.45, 7) is 0. The fourth-order valence-corrected chi connectivity index (χ4v) is 2.76. The van der Waals surface area contributed by atoms with Gasteiger partial charge < -0.3 is 5.11 Å². The van der Waals surface area contributed by atoms with Crippen molar-refractivity contribution in [3.63, 3.8) is 0 Å². The molecule has 2 rings (SSSR count). The van der Waals surface area contributed by atoms with Crippen LogP contribution in [0.2, 0.25) is 0 Å². The average molecular weight is 255 g/mol. The number of hydrogen-bond acceptors (Lipinski definition) is 1. The van der Waals surface area contributed by atoms with Crippen molar-refractivity contribution in [2.75, 3.05) is 0 Å². The molecule has 1 N–H and O–H groups in total. The normalized spacial score (nSPS) is 19.9. The second kappa shape index (κ2) is 4.45. The molecule has 1 unspecified atom stereocenters. The van der Waals surface area contributed by atoms with Crippen molar-refractivity contribution < 1.29 is 5.11 Å². The molecule has 1 nitrogen and oxygen atoms in total. The molecule has 0 radical (unpaired) electrons. The van der Waals surface area contributed by atoms with E-state index in [-0.39, 0.29) is 6.10 Å². The van der Waals surface area contributed by atoms with Crippen molar-refractivity contribution in [3.8, 4) is 0 Å². The van der Waals surface area contributed by atoms with Crippen LogP contribution in [0.25, 0.3) is 0 Å². The lowest BCUT2D eigenvalue weighted by Crippen LogP contribution is -2.09. The van der Waals surface area contributed by atoms with Crippen molar-refractivity contribution >= 4 is 15.9 Å². The van der Waals surface area contributed by atoms with Crippen LogP contribution in [-0.4, -0.2) is 5.11 Å². The molecule has 14 heavy (non-hydrogen) atoms. The molecule has 1 aliphatic rings. The van der Waals surface area contributed by atoms with Crippen LogP contribution in [-0.2, 0) is 0 Å². The zero-order chi connectivity index (χ0) is 9.97. The third-order valence-electron chi connectivity index (χ3n) is 3.07. The zero-order valence-electron chi connectivity index (χ0n) is 8.12. The van der Waals surface area contributed by atoms with Gasteiger partial charge in [-0.05, 0) is 30.4 Å². The van der Waals surface area contributed by atoms with Crippen LogP contribution in [0, 0.1) is 5.92 Å². The molecule has 0 amide bonds. The lowest BCUT2D eigenvalue weighted by Gasteiger charge is -2.19. The van der Waals surface area contributed by atoms with E-state index in [1.54, 1.807) is 0 Å². The highest BCUT2D eigenvalue weighted by Gasteiger charge is 2.25. The molecular formula is C12H15BrO. The lowest BCUT2D eigenvalue weighted by atomic mass is 9.94. The standard InChI is InChI=1S/C12H15BrO/c13-11-8-4-3-7-10(11)12(14)9-5-1-2-6-9/h3-4,7-9,12,14H,1-2,5-6H2. The fourth-order valence-electron chi connectivity index (χ4n) is 2.24. The van der Waals surface area contributed by atoms with Gasteiger partial charge in [0.1, 0.15) is 0 Å². The minimum atomic E-state index is -0.284. The third kappa shape index (κ3) is 2.01. The van der Waals surface area contributed by atoms with Gasteiger partial charge in [0.15, 0.2) is 0 Å². The van der Waals surface area contributed by atoms with Gasteiger partial charge in [-0.1, -0.05) is 47.0 Å². The Bertz CT molecular complexity index is 305. The fraction of sp³-hybridized carbons (Fsp3) is 0.500.